The minimum atomic E-state index is -1.07. The van der Waals surface area contributed by atoms with E-state index in [1.54, 1.807) is 6.07 Å². The van der Waals surface area contributed by atoms with Gasteiger partial charge in [-0.1, -0.05) is 6.07 Å². The quantitative estimate of drug-likeness (QED) is 0.850. The van der Waals surface area contributed by atoms with E-state index in [4.69, 9.17) is 9.52 Å². The van der Waals surface area contributed by atoms with Gasteiger partial charge in [-0.15, -0.1) is 0 Å². The minimum Gasteiger partial charge on any atom is -0.475 e. The molecule has 0 aliphatic rings. The average molecular weight is 231 g/mol. The van der Waals surface area contributed by atoms with E-state index in [0.717, 1.165) is 5.69 Å². The average Bonchev–Trinajstić information content (AvgIpc) is 2.72. The highest BCUT2D eigenvalue weighted by Gasteiger charge is 2.08. The number of anilines is 2. The number of furan rings is 1. The fourth-order valence-electron chi connectivity index (χ4n) is 1.48. The first-order valence-electron chi connectivity index (χ1n) is 5.23. The van der Waals surface area contributed by atoms with Crippen molar-refractivity contribution < 1.29 is 14.3 Å². The maximum atomic E-state index is 10.6. The van der Waals surface area contributed by atoms with Gasteiger partial charge in [-0.05, 0) is 43.2 Å². The second-order valence-corrected chi connectivity index (χ2v) is 3.89. The molecular formula is C13H13NO3. The van der Waals surface area contributed by atoms with Crippen LogP contribution in [0.1, 0.15) is 21.7 Å². The molecule has 0 radical (unpaired) electrons. The van der Waals surface area contributed by atoms with E-state index in [1.165, 1.54) is 17.2 Å². The molecule has 0 fully saturated rings. The lowest BCUT2D eigenvalue weighted by Gasteiger charge is -2.05. The van der Waals surface area contributed by atoms with Crippen molar-refractivity contribution in [3.8, 4) is 0 Å². The van der Waals surface area contributed by atoms with E-state index < -0.39 is 5.97 Å². The van der Waals surface area contributed by atoms with E-state index >= 15 is 0 Å². The standard InChI is InChI=1S/C13H13NO3/c1-8-3-4-10(7-9(8)2)14-12-6-5-11(17-12)13(15)16/h3-7,14H,1-2H3,(H,15,16). The molecule has 4 heteroatoms. The summed E-state index contributed by atoms with van der Waals surface area (Å²) in [7, 11) is 0. The molecule has 1 heterocycles. The first kappa shape index (κ1) is 11.3. The van der Waals surface area contributed by atoms with Crippen molar-refractivity contribution in [2.75, 3.05) is 5.32 Å². The second kappa shape index (κ2) is 4.33. The molecule has 4 nitrogen and oxygen atoms in total. The summed E-state index contributed by atoms with van der Waals surface area (Å²) in [5.41, 5.74) is 3.25. The van der Waals surface area contributed by atoms with Crippen molar-refractivity contribution in [2.24, 2.45) is 0 Å². The molecule has 0 amide bonds. The van der Waals surface area contributed by atoms with E-state index in [0.29, 0.717) is 5.88 Å². The smallest absolute Gasteiger partial charge is 0.371 e. The lowest BCUT2D eigenvalue weighted by molar-refractivity contribution is 0.0663. The van der Waals surface area contributed by atoms with Gasteiger partial charge in [0.25, 0.3) is 0 Å². The molecule has 0 aliphatic carbocycles. The largest absolute Gasteiger partial charge is 0.475 e. The summed E-state index contributed by atoms with van der Waals surface area (Å²) in [4.78, 5) is 10.6. The van der Waals surface area contributed by atoms with E-state index in [1.807, 2.05) is 32.0 Å². The van der Waals surface area contributed by atoms with Crippen LogP contribution in [0.2, 0.25) is 0 Å². The zero-order valence-electron chi connectivity index (χ0n) is 9.65. The number of nitrogens with one attached hydrogen (secondary N) is 1. The molecule has 2 aromatic rings. The lowest BCUT2D eigenvalue weighted by atomic mass is 10.1. The molecule has 2 rings (SSSR count). The van der Waals surface area contributed by atoms with Gasteiger partial charge >= 0.3 is 5.97 Å². The number of hydrogen-bond acceptors (Lipinski definition) is 3. The predicted molar refractivity (Wildman–Crippen MR) is 64.9 cm³/mol. The lowest BCUT2D eigenvalue weighted by Crippen LogP contribution is -1.93. The molecule has 0 bridgehead atoms. The number of aryl methyl sites for hydroxylation is 2. The maximum Gasteiger partial charge on any atom is 0.371 e. The Labute approximate surface area is 98.9 Å². The van der Waals surface area contributed by atoms with Gasteiger partial charge in [0.2, 0.25) is 5.76 Å². The van der Waals surface area contributed by atoms with Gasteiger partial charge in [-0.2, -0.15) is 0 Å². The second-order valence-electron chi connectivity index (χ2n) is 3.89. The van der Waals surface area contributed by atoms with Gasteiger partial charge in [0.05, 0.1) is 0 Å². The van der Waals surface area contributed by atoms with Crippen molar-refractivity contribution in [3.63, 3.8) is 0 Å². The van der Waals surface area contributed by atoms with E-state index in [2.05, 4.69) is 5.32 Å². The molecule has 1 aromatic carbocycles. The Balaban J connectivity index is 2.19. The Morgan fingerprint density at radius 2 is 1.94 bits per heavy atom. The van der Waals surface area contributed by atoms with Gasteiger partial charge in [0.15, 0.2) is 5.88 Å². The highest BCUT2D eigenvalue weighted by molar-refractivity contribution is 5.85. The summed E-state index contributed by atoms with van der Waals surface area (Å²) in [6, 6.07) is 8.92. The summed E-state index contributed by atoms with van der Waals surface area (Å²) in [6.45, 7) is 4.06. The fourth-order valence-corrected chi connectivity index (χ4v) is 1.48. The Morgan fingerprint density at radius 1 is 1.18 bits per heavy atom. The molecule has 0 aliphatic heterocycles. The van der Waals surface area contributed by atoms with E-state index in [-0.39, 0.29) is 5.76 Å². The Morgan fingerprint density at radius 3 is 2.53 bits per heavy atom. The molecule has 0 spiro atoms. The maximum absolute atomic E-state index is 10.6. The summed E-state index contributed by atoms with van der Waals surface area (Å²) in [6.07, 6.45) is 0. The molecule has 0 unspecified atom stereocenters. The minimum absolute atomic E-state index is 0.0728. The van der Waals surface area contributed by atoms with Gasteiger partial charge in [0, 0.05) is 11.8 Å². The van der Waals surface area contributed by atoms with Crippen LogP contribution in [-0.4, -0.2) is 11.1 Å². The predicted octanol–water partition coefficient (Wildman–Crippen LogP) is 3.34. The Bertz CT molecular complexity index is 558. The Hall–Kier alpha value is -2.23. The van der Waals surface area contributed by atoms with Crippen LogP contribution in [0.4, 0.5) is 11.6 Å². The van der Waals surface area contributed by atoms with Gasteiger partial charge in [0.1, 0.15) is 0 Å². The third-order valence-electron chi connectivity index (χ3n) is 2.59. The molecule has 17 heavy (non-hydrogen) atoms. The zero-order chi connectivity index (χ0) is 12.4. The fraction of sp³-hybridized carbons (Fsp3) is 0.154. The number of carboxylic acid groups (broad SMARTS) is 1. The summed E-state index contributed by atoms with van der Waals surface area (Å²) in [5.74, 6) is -0.722. The van der Waals surface area contributed by atoms with Crippen LogP contribution in [0.5, 0.6) is 0 Å². The van der Waals surface area contributed by atoms with Gasteiger partial charge in [-0.3, -0.25) is 0 Å². The number of rotatable bonds is 3. The first-order chi connectivity index (χ1) is 8.06. The van der Waals surface area contributed by atoms with Crippen LogP contribution >= 0.6 is 0 Å². The SMILES string of the molecule is Cc1ccc(Nc2ccc(C(=O)O)o2)cc1C. The highest BCUT2D eigenvalue weighted by atomic mass is 16.4. The van der Waals surface area contributed by atoms with Crippen LogP contribution in [-0.2, 0) is 0 Å². The molecule has 88 valence electrons. The van der Waals surface area contributed by atoms with Crippen molar-refractivity contribution >= 4 is 17.5 Å². The third-order valence-corrected chi connectivity index (χ3v) is 2.59. The van der Waals surface area contributed by atoms with E-state index in [9.17, 15) is 4.79 Å². The molecular weight excluding hydrogens is 218 g/mol. The van der Waals surface area contributed by atoms with Gasteiger partial charge in [-0.25, -0.2) is 4.79 Å². The van der Waals surface area contributed by atoms with Crippen LogP contribution in [0.3, 0.4) is 0 Å². The molecule has 2 N–H and O–H groups in total. The normalized spacial score (nSPS) is 10.2. The van der Waals surface area contributed by atoms with Crippen LogP contribution < -0.4 is 5.32 Å². The van der Waals surface area contributed by atoms with Crippen molar-refractivity contribution in [2.45, 2.75) is 13.8 Å². The van der Waals surface area contributed by atoms with Crippen molar-refractivity contribution in [1.29, 1.82) is 0 Å². The van der Waals surface area contributed by atoms with Gasteiger partial charge < -0.3 is 14.8 Å². The molecule has 1 aromatic heterocycles. The molecule has 0 saturated carbocycles. The van der Waals surface area contributed by atoms with Crippen LogP contribution in [0.25, 0.3) is 0 Å². The number of carbonyl (C=O) groups is 1. The summed E-state index contributed by atoms with van der Waals surface area (Å²) < 4.78 is 5.11. The summed E-state index contributed by atoms with van der Waals surface area (Å²) in [5, 5.41) is 11.7. The topological polar surface area (TPSA) is 62.5 Å². The summed E-state index contributed by atoms with van der Waals surface area (Å²) >= 11 is 0. The molecule has 0 saturated heterocycles. The third kappa shape index (κ3) is 2.47. The monoisotopic (exact) mass is 231 g/mol. The molecule has 0 atom stereocenters. The van der Waals surface area contributed by atoms with Crippen molar-refractivity contribution in [1.82, 2.24) is 0 Å². The van der Waals surface area contributed by atoms with Crippen LogP contribution in [0.15, 0.2) is 34.7 Å². The number of benzene rings is 1. The van der Waals surface area contributed by atoms with Crippen LogP contribution in [0, 0.1) is 13.8 Å². The highest BCUT2D eigenvalue weighted by Crippen LogP contribution is 2.21. The number of carboxylic acids is 1. The van der Waals surface area contributed by atoms with Crippen molar-refractivity contribution in [3.05, 3.63) is 47.2 Å². The number of aromatic carboxylic acids is 1. The Kier molecular flexibility index (Phi) is 2.87. The first-order valence-corrected chi connectivity index (χ1v) is 5.23. The zero-order valence-corrected chi connectivity index (χ0v) is 9.65. The number of hydrogen-bond donors (Lipinski definition) is 2.